The van der Waals surface area contributed by atoms with E-state index < -0.39 is 12.0 Å². The monoisotopic (exact) mass is 211 g/mol. The van der Waals surface area contributed by atoms with Crippen LogP contribution in [-0.2, 0) is 11.2 Å². The van der Waals surface area contributed by atoms with Crippen molar-refractivity contribution in [1.82, 2.24) is 5.32 Å². The smallest absolute Gasteiger partial charge is 0.248 e. The van der Waals surface area contributed by atoms with Gasteiger partial charge in [-0.05, 0) is 25.0 Å². The van der Waals surface area contributed by atoms with Gasteiger partial charge in [0.1, 0.15) is 11.9 Å². The second kappa shape index (κ2) is 5.46. The van der Waals surface area contributed by atoms with Gasteiger partial charge in [-0.2, -0.15) is 0 Å². The Hall–Kier alpha value is -1.42. The highest BCUT2D eigenvalue weighted by Gasteiger charge is 2.07. The highest BCUT2D eigenvalue weighted by atomic mass is 19.1. The zero-order valence-corrected chi connectivity index (χ0v) is 8.53. The van der Waals surface area contributed by atoms with E-state index in [-0.39, 0.29) is 5.82 Å². The van der Waals surface area contributed by atoms with Crippen molar-refractivity contribution in [2.24, 2.45) is 0 Å². The summed E-state index contributed by atoms with van der Waals surface area (Å²) in [6.07, 6.45) is -0.601. The highest BCUT2D eigenvalue weighted by molar-refractivity contribution is 5.79. The molecular weight excluding hydrogens is 197 g/mol. The van der Waals surface area contributed by atoms with Gasteiger partial charge in [0.25, 0.3) is 0 Å². The minimum atomic E-state index is -1.02. The van der Waals surface area contributed by atoms with Crippen molar-refractivity contribution in [1.29, 1.82) is 0 Å². The van der Waals surface area contributed by atoms with E-state index in [4.69, 9.17) is 5.11 Å². The van der Waals surface area contributed by atoms with Gasteiger partial charge in [0.2, 0.25) is 5.91 Å². The predicted octanol–water partition coefficient (Wildman–Crippen LogP) is 0.865. The number of nitrogens with one attached hydrogen (secondary N) is 1. The summed E-state index contributed by atoms with van der Waals surface area (Å²) in [6, 6.07) is 6.41. The summed E-state index contributed by atoms with van der Waals surface area (Å²) < 4.78 is 13.1. The molecule has 1 amide bonds. The van der Waals surface area contributed by atoms with E-state index in [1.165, 1.54) is 13.0 Å². The maximum Gasteiger partial charge on any atom is 0.248 e. The Labute approximate surface area is 87.9 Å². The van der Waals surface area contributed by atoms with Crippen LogP contribution in [0.2, 0.25) is 0 Å². The lowest BCUT2D eigenvalue weighted by Crippen LogP contribution is -2.33. The summed E-state index contributed by atoms with van der Waals surface area (Å²) >= 11 is 0. The van der Waals surface area contributed by atoms with Crippen LogP contribution in [0.5, 0.6) is 0 Å². The molecule has 1 aromatic carbocycles. The Morgan fingerprint density at radius 2 is 2.20 bits per heavy atom. The third-order valence-electron chi connectivity index (χ3n) is 2.03. The summed E-state index contributed by atoms with van der Waals surface area (Å²) in [5.41, 5.74) is 0.559. The highest BCUT2D eigenvalue weighted by Crippen LogP contribution is 2.05. The van der Waals surface area contributed by atoms with Gasteiger partial charge in [-0.1, -0.05) is 18.2 Å². The molecule has 0 heterocycles. The van der Waals surface area contributed by atoms with E-state index in [9.17, 15) is 9.18 Å². The maximum absolute atomic E-state index is 13.1. The van der Waals surface area contributed by atoms with Crippen LogP contribution in [0.15, 0.2) is 24.3 Å². The summed E-state index contributed by atoms with van der Waals surface area (Å²) in [5, 5.41) is 11.4. The Morgan fingerprint density at radius 1 is 1.53 bits per heavy atom. The van der Waals surface area contributed by atoms with Gasteiger partial charge in [0.05, 0.1) is 0 Å². The lowest BCUT2D eigenvalue weighted by Gasteiger charge is -2.07. The van der Waals surface area contributed by atoms with Crippen molar-refractivity contribution in [2.45, 2.75) is 19.4 Å². The first-order valence-corrected chi connectivity index (χ1v) is 4.80. The number of carbonyl (C=O) groups is 1. The van der Waals surface area contributed by atoms with E-state index in [0.29, 0.717) is 18.5 Å². The number of halogens is 1. The van der Waals surface area contributed by atoms with Gasteiger partial charge in [-0.3, -0.25) is 4.79 Å². The maximum atomic E-state index is 13.1. The van der Waals surface area contributed by atoms with E-state index >= 15 is 0 Å². The molecule has 0 saturated carbocycles. The van der Waals surface area contributed by atoms with Gasteiger partial charge in [0.15, 0.2) is 0 Å². The minimum Gasteiger partial charge on any atom is -0.384 e. The van der Waals surface area contributed by atoms with Crippen molar-refractivity contribution < 1.29 is 14.3 Å². The normalized spacial score (nSPS) is 12.2. The molecule has 82 valence electrons. The van der Waals surface area contributed by atoms with Gasteiger partial charge >= 0.3 is 0 Å². The molecule has 1 rings (SSSR count). The molecule has 0 saturated heterocycles. The Kier molecular flexibility index (Phi) is 4.24. The van der Waals surface area contributed by atoms with Crippen molar-refractivity contribution in [3.63, 3.8) is 0 Å². The van der Waals surface area contributed by atoms with Crippen LogP contribution in [-0.4, -0.2) is 23.7 Å². The lowest BCUT2D eigenvalue weighted by molar-refractivity contribution is -0.128. The SMILES string of the molecule is CC(O)C(=O)NCCc1ccccc1F. The second-order valence-electron chi connectivity index (χ2n) is 3.31. The first-order valence-electron chi connectivity index (χ1n) is 4.80. The summed E-state index contributed by atoms with van der Waals surface area (Å²) in [7, 11) is 0. The van der Waals surface area contributed by atoms with Crippen LogP contribution in [0.25, 0.3) is 0 Å². The lowest BCUT2D eigenvalue weighted by atomic mass is 10.1. The fourth-order valence-corrected chi connectivity index (χ4v) is 1.17. The first-order chi connectivity index (χ1) is 7.11. The molecule has 3 nitrogen and oxygen atoms in total. The molecule has 0 aliphatic carbocycles. The van der Waals surface area contributed by atoms with Crippen LogP contribution in [0.3, 0.4) is 0 Å². The number of aliphatic hydroxyl groups is 1. The van der Waals surface area contributed by atoms with Gasteiger partial charge in [0, 0.05) is 6.54 Å². The Balaban J connectivity index is 2.38. The van der Waals surface area contributed by atoms with Crippen molar-refractivity contribution in [2.75, 3.05) is 6.54 Å². The average Bonchev–Trinajstić information content (AvgIpc) is 2.20. The predicted molar refractivity (Wildman–Crippen MR) is 54.8 cm³/mol. The van der Waals surface area contributed by atoms with Crippen molar-refractivity contribution in [3.8, 4) is 0 Å². The van der Waals surface area contributed by atoms with E-state index in [1.54, 1.807) is 18.2 Å². The average molecular weight is 211 g/mol. The molecule has 15 heavy (non-hydrogen) atoms. The van der Waals surface area contributed by atoms with Crippen molar-refractivity contribution >= 4 is 5.91 Å². The topological polar surface area (TPSA) is 49.3 Å². The van der Waals surface area contributed by atoms with Crippen LogP contribution < -0.4 is 5.32 Å². The number of benzene rings is 1. The summed E-state index contributed by atoms with van der Waals surface area (Å²) in [6.45, 7) is 1.71. The molecule has 4 heteroatoms. The molecule has 0 spiro atoms. The van der Waals surface area contributed by atoms with Crippen LogP contribution in [0, 0.1) is 5.82 Å². The second-order valence-corrected chi connectivity index (χ2v) is 3.31. The Bertz CT molecular complexity index is 339. The molecule has 0 aliphatic rings. The molecule has 0 fully saturated rings. The molecule has 1 atom stereocenters. The number of carbonyl (C=O) groups excluding carboxylic acids is 1. The molecule has 0 radical (unpaired) electrons. The van der Waals surface area contributed by atoms with Crippen LogP contribution in [0.4, 0.5) is 4.39 Å². The molecule has 1 aromatic rings. The molecule has 0 aromatic heterocycles. The molecule has 2 N–H and O–H groups in total. The zero-order valence-electron chi connectivity index (χ0n) is 8.53. The molecular formula is C11H14FNO2. The third-order valence-corrected chi connectivity index (χ3v) is 2.03. The molecule has 1 unspecified atom stereocenters. The van der Waals surface area contributed by atoms with E-state index in [2.05, 4.69) is 5.32 Å². The first kappa shape index (κ1) is 11.7. The largest absolute Gasteiger partial charge is 0.384 e. The summed E-state index contributed by atoms with van der Waals surface area (Å²) in [4.78, 5) is 11.0. The van der Waals surface area contributed by atoms with Gasteiger partial charge in [-0.15, -0.1) is 0 Å². The number of amides is 1. The molecule has 0 bridgehead atoms. The number of hydrogen-bond acceptors (Lipinski definition) is 2. The summed E-state index contributed by atoms with van der Waals surface area (Å²) in [5.74, 6) is -0.713. The zero-order chi connectivity index (χ0) is 11.3. The number of aliphatic hydroxyl groups excluding tert-OH is 1. The number of rotatable bonds is 4. The standard InChI is InChI=1S/C11H14FNO2/c1-8(14)11(15)13-7-6-9-4-2-3-5-10(9)12/h2-5,8,14H,6-7H2,1H3,(H,13,15). The fraction of sp³-hybridized carbons (Fsp3) is 0.364. The van der Waals surface area contributed by atoms with Crippen molar-refractivity contribution in [3.05, 3.63) is 35.6 Å². The minimum absolute atomic E-state index is 0.274. The third kappa shape index (κ3) is 3.67. The number of hydrogen-bond donors (Lipinski definition) is 2. The van der Waals surface area contributed by atoms with Gasteiger partial charge in [-0.25, -0.2) is 4.39 Å². The van der Waals surface area contributed by atoms with Gasteiger partial charge < -0.3 is 10.4 Å². The molecule has 0 aliphatic heterocycles. The van der Waals surface area contributed by atoms with E-state index in [1.807, 2.05) is 0 Å². The Morgan fingerprint density at radius 3 is 2.80 bits per heavy atom. The van der Waals surface area contributed by atoms with Crippen LogP contribution >= 0.6 is 0 Å². The fourth-order valence-electron chi connectivity index (χ4n) is 1.17. The van der Waals surface area contributed by atoms with E-state index in [0.717, 1.165) is 0 Å². The quantitative estimate of drug-likeness (QED) is 0.776. The van der Waals surface area contributed by atoms with Crippen LogP contribution in [0.1, 0.15) is 12.5 Å².